The first-order chi connectivity index (χ1) is 25.6. The molecule has 4 heterocycles. The van der Waals surface area contributed by atoms with Crippen molar-refractivity contribution in [1.82, 2.24) is 25.6 Å². The van der Waals surface area contributed by atoms with Crippen molar-refractivity contribution in [3.63, 3.8) is 0 Å². The van der Waals surface area contributed by atoms with Crippen LogP contribution in [0.5, 0.6) is 0 Å². The Kier molecular flexibility index (Phi) is 8.16. The predicted octanol–water partition coefficient (Wildman–Crippen LogP) is 4.80. The van der Waals surface area contributed by atoms with Crippen molar-refractivity contribution < 1.29 is 21.5 Å². The summed E-state index contributed by atoms with van der Waals surface area (Å²) in [7, 11) is 0. The van der Waals surface area contributed by atoms with Crippen LogP contribution in [0, 0.1) is 13.8 Å². The number of nitrogens with zero attached hydrogens (tertiary/aromatic N) is 5. The predicted molar refractivity (Wildman–Crippen MR) is 211 cm³/mol. The Morgan fingerprint density at radius 1 is 1.00 bits per heavy atom. The number of benzene rings is 3. The molecule has 0 fully saturated rings. The molecular weight excluding hydrogens is 755 g/mol. The number of allylic oxidation sites excluding steroid dienone is 9. The third kappa shape index (κ3) is 4.98. The van der Waals surface area contributed by atoms with E-state index >= 15 is 0 Å². The molecule has 52 heavy (non-hydrogen) atoms. The van der Waals surface area contributed by atoms with Gasteiger partial charge in [-0.15, -0.1) is 0 Å². The average Bonchev–Trinajstić information content (AvgIpc) is 3.84. The van der Waals surface area contributed by atoms with Crippen molar-refractivity contribution in [2.45, 2.75) is 24.2 Å². The van der Waals surface area contributed by atoms with Crippen LogP contribution in [-0.2, 0) is 0 Å². The van der Waals surface area contributed by atoms with Crippen LogP contribution >= 0.6 is 0 Å². The SMILES string of the molecule is C=N/C=C\C=C(/N)c1c(C)c2c(c(C)c1C1=CCCNN1)C1=C(n3c4ccccc4c4ccccc43)C(c3cccnn3)=C(C3C=CC=N[I-]3)C1=C2. The van der Waals surface area contributed by atoms with Crippen molar-refractivity contribution >= 4 is 69.1 Å². The number of fused-ring (bicyclic) bond motifs is 6. The first-order valence-electron chi connectivity index (χ1n) is 17.3. The van der Waals surface area contributed by atoms with Crippen LogP contribution in [0.2, 0.25) is 0 Å². The summed E-state index contributed by atoms with van der Waals surface area (Å²) in [6.07, 6.45) is 19.1. The van der Waals surface area contributed by atoms with Gasteiger partial charge in [0.2, 0.25) is 0 Å². The van der Waals surface area contributed by atoms with Crippen LogP contribution in [-0.4, -0.2) is 38.2 Å². The molecule has 9 rings (SSSR count). The van der Waals surface area contributed by atoms with E-state index in [1.165, 1.54) is 38.6 Å². The maximum atomic E-state index is 6.98. The number of nitrogens with one attached hydrogen (secondary N) is 2. The summed E-state index contributed by atoms with van der Waals surface area (Å²) in [5, 5.41) is 11.7. The fraction of sp³-hybridized carbons (Fsp3) is 0.116. The summed E-state index contributed by atoms with van der Waals surface area (Å²) in [6.45, 7) is 8.90. The molecule has 256 valence electrons. The third-order valence-electron chi connectivity index (χ3n) is 10.2. The molecular formula is C43H36IN8-. The van der Waals surface area contributed by atoms with Crippen molar-refractivity contribution in [1.29, 1.82) is 0 Å². The van der Waals surface area contributed by atoms with E-state index in [2.05, 4.69) is 125 Å². The fourth-order valence-electron chi connectivity index (χ4n) is 8.19. The van der Waals surface area contributed by atoms with E-state index in [9.17, 15) is 0 Å². The summed E-state index contributed by atoms with van der Waals surface area (Å²) >= 11 is -0.571. The van der Waals surface area contributed by atoms with Crippen molar-refractivity contribution in [3.05, 3.63) is 154 Å². The number of hydrazine groups is 1. The van der Waals surface area contributed by atoms with Crippen molar-refractivity contribution in [2.24, 2.45) is 13.9 Å². The second kappa shape index (κ2) is 13.2. The van der Waals surface area contributed by atoms with Crippen LogP contribution < -0.4 is 38.1 Å². The molecule has 0 radical (unpaired) electrons. The molecule has 2 aliphatic carbocycles. The number of rotatable bonds is 7. The molecule has 0 saturated heterocycles. The van der Waals surface area contributed by atoms with E-state index in [4.69, 9.17) is 14.0 Å². The van der Waals surface area contributed by atoms with Gasteiger partial charge in [-0.3, -0.25) is 0 Å². The summed E-state index contributed by atoms with van der Waals surface area (Å²) in [5.74, 6) is 0. The number of nitrogens with two attached hydrogens (primary N) is 1. The molecule has 1 atom stereocenters. The van der Waals surface area contributed by atoms with Gasteiger partial charge in [-0.25, -0.2) is 0 Å². The average molecular weight is 792 g/mol. The molecule has 8 nitrogen and oxygen atoms in total. The Morgan fingerprint density at radius 2 is 1.79 bits per heavy atom. The van der Waals surface area contributed by atoms with E-state index in [1.54, 1.807) is 12.4 Å². The standard InChI is InChI=1S/C43H36IN8/c1-25-29-24-30-40(31-14-8-21-47-44-31)42(34-17-11-23-49-51-34)43(52-35-18-6-4-12-27(35)28-13-5-7-19-36(28)52)41(30)37(29)26(2)39(33-16-10-22-48-50-33)38(25)32(45)15-9-20-46-3/h4-9,11-21,23-24,31,48,50H,3,10,22,45H2,1-2H3/q-1/b20-9-,32-15-. The molecule has 4 aliphatic rings. The van der Waals surface area contributed by atoms with Crippen LogP contribution in [0.3, 0.4) is 0 Å². The summed E-state index contributed by atoms with van der Waals surface area (Å²) in [4.78, 5) is 3.90. The minimum atomic E-state index is -0.571. The van der Waals surface area contributed by atoms with Gasteiger partial charge in [-0.05, 0) is 6.72 Å². The summed E-state index contributed by atoms with van der Waals surface area (Å²) < 4.78 is 7.49. The zero-order valence-corrected chi connectivity index (χ0v) is 31.0. The number of halogens is 1. The zero-order chi connectivity index (χ0) is 35.3. The first-order valence-corrected chi connectivity index (χ1v) is 19.6. The van der Waals surface area contributed by atoms with Gasteiger partial charge in [0.15, 0.2) is 0 Å². The van der Waals surface area contributed by atoms with Crippen LogP contribution in [0.4, 0.5) is 0 Å². The van der Waals surface area contributed by atoms with E-state index in [1.807, 2.05) is 24.4 Å². The Morgan fingerprint density at radius 3 is 2.46 bits per heavy atom. The normalized spacial score (nSPS) is 18.5. The third-order valence-corrected chi connectivity index (χ3v) is 12.5. The fourth-order valence-corrected chi connectivity index (χ4v) is 10.3. The summed E-state index contributed by atoms with van der Waals surface area (Å²) in [6, 6.07) is 21.5. The van der Waals surface area contributed by atoms with Gasteiger partial charge in [-0.1, -0.05) is 0 Å². The molecule has 9 heteroatoms. The van der Waals surface area contributed by atoms with Gasteiger partial charge >= 0.3 is 308 Å². The van der Waals surface area contributed by atoms with E-state index in [0.717, 1.165) is 68.9 Å². The monoisotopic (exact) mass is 791 g/mol. The molecule has 3 aromatic carbocycles. The number of para-hydroxylation sites is 2. The number of aromatic nitrogens is 3. The molecule has 0 spiro atoms. The van der Waals surface area contributed by atoms with Gasteiger partial charge in [0.05, 0.1) is 0 Å². The second-order valence-corrected chi connectivity index (χ2v) is 15.5. The zero-order valence-electron chi connectivity index (χ0n) is 28.9. The Labute approximate surface area is 312 Å². The second-order valence-electron chi connectivity index (χ2n) is 13.1. The Hall–Kier alpha value is -5.65. The molecule has 2 aromatic heterocycles. The number of alkyl halides is 1. The molecule has 2 aliphatic heterocycles. The van der Waals surface area contributed by atoms with Crippen LogP contribution in [0.15, 0.2) is 123 Å². The molecule has 0 bridgehead atoms. The maximum absolute atomic E-state index is 6.98. The molecule has 5 aromatic rings. The van der Waals surface area contributed by atoms with Crippen molar-refractivity contribution in [2.75, 3.05) is 6.54 Å². The van der Waals surface area contributed by atoms with Gasteiger partial charge in [0.1, 0.15) is 0 Å². The van der Waals surface area contributed by atoms with Gasteiger partial charge in [0.25, 0.3) is 0 Å². The molecule has 0 saturated carbocycles. The van der Waals surface area contributed by atoms with E-state index in [-0.39, 0.29) is 3.92 Å². The van der Waals surface area contributed by atoms with Gasteiger partial charge in [-0.2, -0.15) is 0 Å². The quantitative estimate of drug-likeness (QED) is 0.0952. The molecule has 4 N–H and O–H groups in total. The van der Waals surface area contributed by atoms with E-state index in [0.29, 0.717) is 5.70 Å². The molecule has 1 unspecified atom stereocenters. The van der Waals surface area contributed by atoms with Crippen LogP contribution in [0.1, 0.15) is 45.5 Å². The minimum absolute atomic E-state index is 0.148. The van der Waals surface area contributed by atoms with Crippen molar-refractivity contribution in [3.8, 4) is 0 Å². The number of aliphatic imine (C=N–C) groups is 1. The van der Waals surface area contributed by atoms with Gasteiger partial charge < -0.3 is 0 Å². The summed E-state index contributed by atoms with van der Waals surface area (Å²) in [5.41, 5.74) is 31.4. The first kappa shape index (κ1) is 32.3. The van der Waals surface area contributed by atoms with E-state index < -0.39 is 21.5 Å². The van der Waals surface area contributed by atoms with Gasteiger partial charge in [0, 0.05) is 0 Å². The van der Waals surface area contributed by atoms with Crippen LogP contribution in [0.25, 0.3) is 56.1 Å². The Balaban J connectivity index is 1.45. The topological polar surface area (TPSA) is 106 Å². The number of hydrogen-bond acceptors (Lipinski definition) is 7. The Bertz CT molecular complexity index is 2540. The number of hydrogen-bond donors (Lipinski definition) is 3. The molecule has 0 amide bonds.